The minimum atomic E-state index is -0.839. The van der Waals surface area contributed by atoms with E-state index in [4.69, 9.17) is 0 Å². The number of aromatic nitrogens is 2. The van der Waals surface area contributed by atoms with Crippen LogP contribution >= 0.6 is 11.8 Å². The molecule has 2 aromatic rings. The van der Waals surface area contributed by atoms with Crippen LogP contribution in [0.25, 0.3) is 0 Å². The van der Waals surface area contributed by atoms with Crippen LogP contribution in [0.5, 0.6) is 0 Å². The first kappa shape index (κ1) is 17.9. The van der Waals surface area contributed by atoms with E-state index >= 15 is 0 Å². The summed E-state index contributed by atoms with van der Waals surface area (Å²) in [6, 6.07) is 6.09. The molecule has 25 heavy (non-hydrogen) atoms. The minimum absolute atomic E-state index is 0.217. The Labute approximate surface area is 150 Å². The van der Waals surface area contributed by atoms with E-state index in [9.17, 15) is 14.3 Å². The van der Waals surface area contributed by atoms with Crippen molar-refractivity contribution >= 4 is 17.7 Å². The van der Waals surface area contributed by atoms with Crippen LogP contribution < -0.4 is 5.32 Å². The Balaban J connectivity index is 1.80. The summed E-state index contributed by atoms with van der Waals surface area (Å²) in [4.78, 5) is 12.9. The van der Waals surface area contributed by atoms with Gasteiger partial charge in [-0.05, 0) is 36.8 Å². The molecule has 0 saturated heterocycles. The van der Waals surface area contributed by atoms with E-state index in [0.29, 0.717) is 12.1 Å². The van der Waals surface area contributed by atoms with Crippen molar-refractivity contribution in [3.05, 3.63) is 52.6 Å². The zero-order chi connectivity index (χ0) is 18.0. The Bertz CT molecular complexity index is 775. The molecule has 1 amide bonds. The molecule has 0 aliphatic carbocycles. The first-order valence-corrected chi connectivity index (χ1v) is 9.37. The van der Waals surface area contributed by atoms with E-state index in [2.05, 4.69) is 10.4 Å². The van der Waals surface area contributed by atoms with Crippen LogP contribution in [0.3, 0.4) is 0 Å². The fourth-order valence-corrected chi connectivity index (χ4v) is 4.12. The molecule has 3 rings (SSSR count). The monoisotopic (exact) mass is 363 g/mol. The van der Waals surface area contributed by atoms with E-state index in [-0.39, 0.29) is 18.3 Å². The summed E-state index contributed by atoms with van der Waals surface area (Å²) in [5.74, 6) is 1.25. The molecule has 0 spiro atoms. The molecule has 1 aromatic heterocycles. The van der Waals surface area contributed by atoms with Crippen molar-refractivity contribution in [2.75, 3.05) is 12.4 Å². The SMILES string of the molecule is Cn1nc2c(c1C(=O)NC(C)(CO)Cc1ccc(F)cc1)CSCC2. The number of aliphatic hydroxyl groups is 1. The lowest BCUT2D eigenvalue weighted by atomic mass is 9.93. The molecular formula is C18H22FN3O2S. The number of halogens is 1. The van der Waals surface area contributed by atoms with Crippen LogP contribution in [0, 0.1) is 5.82 Å². The number of fused-ring (bicyclic) bond motifs is 1. The van der Waals surface area contributed by atoms with E-state index in [1.54, 1.807) is 42.5 Å². The zero-order valence-electron chi connectivity index (χ0n) is 14.4. The number of nitrogens with one attached hydrogen (secondary N) is 1. The first-order chi connectivity index (χ1) is 11.9. The van der Waals surface area contributed by atoms with E-state index in [1.165, 1.54) is 12.1 Å². The van der Waals surface area contributed by atoms with Gasteiger partial charge in [0.25, 0.3) is 5.91 Å². The quantitative estimate of drug-likeness (QED) is 0.853. The topological polar surface area (TPSA) is 67.2 Å². The van der Waals surface area contributed by atoms with Gasteiger partial charge in [0.2, 0.25) is 0 Å². The van der Waals surface area contributed by atoms with Crippen LogP contribution in [0.1, 0.15) is 34.2 Å². The normalized spacial score (nSPS) is 16.2. The van der Waals surface area contributed by atoms with E-state index < -0.39 is 5.54 Å². The Morgan fingerprint density at radius 1 is 1.44 bits per heavy atom. The number of amides is 1. The number of hydrogen-bond donors (Lipinski definition) is 2. The molecule has 134 valence electrons. The van der Waals surface area contributed by atoms with E-state index in [0.717, 1.165) is 34.7 Å². The number of carbonyl (C=O) groups excluding carboxylic acids is 1. The third kappa shape index (κ3) is 3.88. The van der Waals surface area contributed by atoms with Crippen LogP contribution in [0.4, 0.5) is 4.39 Å². The van der Waals surface area contributed by atoms with Gasteiger partial charge in [-0.2, -0.15) is 16.9 Å². The second-order valence-corrected chi connectivity index (χ2v) is 7.78. The Morgan fingerprint density at radius 3 is 2.84 bits per heavy atom. The first-order valence-electron chi connectivity index (χ1n) is 8.22. The second-order valence-electron chi connectivity index (χ2n) is 6.68. The highest BCUT2D eigenvalue weighted by molar-refractivity contribution is 7.98. The lowest BCUT2D eigenvalue weighted by molar-refractivity contribution is 0.0841. The van der Waals surface area contributed by atoms with Gasteiger partial charge in [0.15, 0.2) is 0 Å². The predicted octanol–water partition coefficient (Wildman–Crippen LogP) is 2.07. The summed E-state index contributed by atoms with van der Waals surface area (Å²) in [7, 11) is 1.77. The Morgan fingerprint density at radius 2 is 2.16 bits per heavy atom. The van der Waals surface area contributed by atoms with E-state index in [1.807, 2.05) is 0 Å². The Kier molecular flexibility index (Phi) is 5.15. The molecule has 1 atom stereocenters. The highest BCUT2D eigenvalue weighted by Gasteiger charge is 2.30. The lowest BCUT2D eigenvalue weighted by Crippen LogP contribution is -2.51. The molecule has 1 unspecified atom stereocenters. The van der Waals surface area contributed by atoms with Crippen LogP contribution in [-0.4, -0.2) is 38.7 Å². The standard InChI is InChI=1S/C18H22FN3O2S/c1-18(11-23,9-12-3-5-13(19)6-4-12)20-17(24)16-14-10-25-8-7-15(14)21-22(16)2/h3-6,23H,7-11H2,1-2H3,(H,20,24). The molecule has 5 nitrogen and oxygen atoms in total. The molecular weight excluding hydrogens is 341 g/mol. The second kappa shape index (κ2) is 7.17. The number of aryl methyl sites for hydroxylation is 2. The van der Waals surface area contributed by atoms with Gasteiger partial charge in [-0.15, -0.1) is 0 Å². The summed E-state index contributed by atoms with van der Waals surface area (Å²) in [5.41, 5.74) is 2.53. The van der Waals surface area contributed by atoms with Crippen molar-refractivity contribution in [1.82, 2.24) is 15.1 Å². The van der Waals surface area contributed by atoms with Crippen molar-refractivity contribution in [3.8, 4) is 0 Å². The third-order valence-corrected chi connectivity index (χ3v) is 5.43. The fraction of sp³-hybridized carbons (Fsp3) is 0.444. The van der Waals surface area contributed by atoms with Crippen molar-refractivity contribution in [1.29, 1.82) is 0 Å². The third-order valence-electron chi connectivity index (χ3n) is 4.45. The molecule has 0 saturated carbocycles. The molecule has 0 bridgehead atoms. The largest absolute Gasteiger partial charge is 0.394 e. The molecule has 1 aliphatic rings. The van der Waals surface area contributed by atoms with Crippen LogP contribution in [-0.2, 0) is 25.6 Å². The number of aliphatic hydroxyl groups excluding tert-OH is 1. The number of nitrogens with zero attached hydrogens (tertiary/aromatic N) is 2. The number of thioether (sulfide) groups is 1. The maximum absolute atomic E-state index is 13.1. The predicted molar refractivity (Wildman–Crippen MR) is 96.1 cm³/mol. The number of hydrogen-bond acceptors (Lipinski definition) is 4. The summed E-state index contributed by atoms with van der Waals surface area (Å²) < 4.78 is 14.7. The molecule has 1 aliphatic heterocycles. The van der Waals surface area contributed by atoms with Crippen molar-refractivity contribution in [2.24, 2.45) is 7.05 Å². The van der Waals surface area contributed by atoms with Gasteiger partial charge in [-0.3, -0.25) is 9.48 Å². The maximum atomic E-state index is 13.1. The molecule has 1 aromatic carbocycles. The number of benzene rings is 1. The zero-order valence-corrected chi connectivity index (χ0v) is 15.2. The summed E-state index contributed by atoms with van der Waals surface area (Å²) in [6.07, 6.45) is 1.28. The van der Waals surface area contributed by atoms with Gasteiger partial charge in [-0.1, -0.05) is 12.1 Å². The summed E-state index contributed by atoms with van der Waals surface area (Å²) in [6.45, 7) is 1.57. The highest BCUT2D eigenvalue weighted by atomic mass is 32.2. The van der Waals surface area contributed by atoms with Crippen molar-refractivity contribution < 1.29 is 14.3 Å². The average molecular weight is 363 g/mol. The Hall–Kier alpha value is -1.86. The molecule has 2 N–H and O–H groups in total. The molecule has 7 heteroatoms. The van der Waals surface area contributed by atoms with Crippen LogP contribution in [0.15, 0.2) is 24.3 Å². The van der Waals surface area contributed by atoms with Crippen molar-refractivity contribution in [2.45, 2.75) is 31.1 Å². The summed E-state index contributed by atoms with van der Waals surface area (Å²) >= 11 is 1.79. The minimum Gasteiger partial charge on any atom is -0.394 e. The fourth-order valence-electron chi connectivity index (χ4n) is 3.13. The van der Waals surface area contributed by atoms with Crippen LogP contribution in [0.2, 0.25) is 0 Å². The smallest absolute Gasteiger partial charge is 0.270 e. The molecule has 0 fully saturated rings. The number of rotatable bonds is 5. The number of carbonyl (C=O) groups is 1. The molecule has 0 radical (unpaired) electrons. The van der Waals surface area contributed by atoms with Gasteiger partial charge in [0.05, 0.1) is 17.8 Å². The van der Waals surface area contributed by atoms with Gasteiger partial charge >= 0.3 is 0 Å². The van der Waals surface area contributed by atoms with Gasteiger partial charge in [-0.25, -0.2) is 4.39 Å². The lowest BCUT2D eigenvalue weighted by Gasteiger charge is -2.29. The molecule has 2 heterocycles. The van der Waals surface area contributed by atoms with Gasteiger partial charge in [0, 0.05) is 24.8 Å². The summed E-state index contributed by atoms with van der Waals surface area (Å²) in [5, 5.41) is 17.2. The average Bonchev–Trinajstić information content (AvgIpc) is 2.92. The highest BCUT2D eigenvalue weighted by Crippen LogP contribution is 2.27. The van der Waals surface area contributed by atoms with Gasteiger partial charge < -0.3 is 10.4 Å². The van der Waals surface area contributed by atoms with Crippen molar-refractivity contribution in [3.63, 3.8) is 0 Å². The van der Waals surface area contributed by atoms with Gasteiger partial charge in [0.1, 0.15) is 11.5 Å². The maximum Gasteiger partial charge on any atom is 0.270 e.